The van der Waals surface area contributed by atoms with Crippen molar-refractivity contribution in [2.24, 2.45) is 0 Å². The summed E-state index contributed by atoms with van der Waals surface area (Å²) in [6.07, 6.45) is 1.27. The lowest BCUT2D eigenvalue weighted by Crippen LogP contribution is -2.15. The Morgan fingerprint density at radius 1 is 0.962 bits per heavy atom. The van der Waals surface area contributed by atoms with Gasteiger partial charge in [0.15, 0.2) is 0 Å². The van der Waals surface area contributed by atoms with Crippen molar-refractivity contribution in [3.63, 3.8) is 0 Å². The molecule has 0 aliphatic carbocycles. The van der Waals surface area contributed by atoms with Crippen molar-refractivity contribution in [1.29, 1.82) is 10.5 Å². The van der Waals surface area contributed by atoms with E-state index < -0.39 is 5.91 Å². The van der Waals surface area contributed by atoms with Crippen LogP contribution in [0.25, 0.3) is 0 Å². The molecule has 26 heavy (non-hydrogen) atoms. The average molecular weight is 340 g/mol. The van der Waals surface area contributed by atoms with E-state index in [9.17, 15) is 4.79 Å². The Balaban J connectivity index is 1.77. The van der Waals surface area contributed by atoms with E-state index in [2.05, 4.69) is 20.6 Å². The number of benzene rings is 2. The van der Waals surface area contributed by atoms with Crippen LogP contribution in [0.3, 0.4) is 0 Å². The number of nitrogens with zero attached hydrogens (tertiary/aromatic N) is 4. The Labute approximate surface area is 149 Å². The summed E-state index contributed by atoms with van der Waals surface area (Å²) < 4.78 is 0. The van der Waals surface area contributed by atoms with Crippen LogP contribution in [0.2, 0.25) is 0 Å². The lowest BCUT2D eigenvalue weighted by atomic mass is 10.2. The minimum absolute atomic E-state index is 0.156. The maximum absolute atomic E-state index is 12.4. The van der Waals surface area contributed by atoms with E-state index in [-0.39, 0.29) is 5.69 Å². The topological polar surface area (TPSA) is 114 Å². The van der Waals surface area contributed by atoms with E-state index in [1.807, 2.05) is 12.1 Å². The molecule has 1 amide bonds. The molecule has 124 valence electrons. The molecular weight excluding hydrogens is 328 g/mol. The summed E-state index contributed by atoms with van der Waals surface area (Å²) in [6, 6.07) is 19.1. The Hall–Kier alpha value is -4.23. The molecule has 0 aliphatic rings. The van der Waals surface area contributed by atoms with E-state index in [1.165, 1.54) is 12.4 Å². The first-order chi connectivity index (χ1) is 12.7. The number of nitriles is 2. The second-order valence-electron chi connectivity index (χ2n) is 5.21. The van der Waals surface area contributed by atoms with Crippen molar-refractivity contribution in [3.05, 3.63) is 77.7 Å². The van der Waals surface area contributed by atoms with Gasteiger partial charge in [0.05, 0.1) is 22.9 Å². The van der Waals surface area contributed by atoms with Crippen LogP contribution in [0.15, 0.2) is 60.9 Å². The van der Waals surface area contributed by atoms with E-state index in [0.29, 0.717) is 22.6 Å². The monoisotopic (exact) mass is 340 g/mol. The predicted molar refractivity (Wildman–Crippen MR) is 95.6 cm³/mol. The number of hydrogen-bond donors (Lipinski definition) is 2. The highest BCUT2D eigenvalue weighted by Crippen LogP contribution is 2.17. The number of nitrogens with one attached hydrogen (secondary N) is 2. The third-order valence-corrected chi connectivity index (χ3v) is 3.48. The quantitative estimate of drug-likeness (QED) is 0.753. The summed E-state index contributed by atoms with van der Waals surface area (Å²) in [4.78, 5) is 20.4. The molecule has 3 aromatic rings. The number of carbonyl (C=O) groups excluding carboxylic acids is 1. The fraction of sp³-hybridized carbons (Fsp3) is 0. The highest BCUT2D eigenvalue weighted by molar-refractivity contribution is 6.03. The molecule has 0 aliphatic heterocycles. The lowest BCUT2D eigenvalue weighted by Gasteiger charge is -2.08. The highest BCUT2D eigenvalue weighted by Gasteiger charge is 2.11. The van der Waals surface area contributed by atoms with E-state index >= 15 is 0 Å². The molecule has 7 nitrogen and oxygen atoms in total. The van der Waals surface area contributed by atoms with Crippen LogP contribution < -0.4 is 10.6 Å². The van der Waals surface area contributed by atoms with Crippen LogP contribution in [-0.2, 0) is 0 Å². The average Bonchev–Trinajstić information content (AvgIpc) is 2.69. The molecule has 0 fully saturated rings. The number of hydrogen-bond acceptors (Lipinski definition) is 6. The molecule has 0 saturated heterocycles. The van der Waals surface area contributed by atoms with Crippen LogP contribution in [0.5, 0.6) is 0 Å². The van der Waals surface area contributed by atoms with E-state index in [1.54, 1.807) is 48.5 Å². The maximum atomic E-state index is 12.4. The van der Waals surface area contributed by atoms with Gasteiger partial charge in [0.1, 0.15) is 23.9 Å². The van der Waals surface area contributed by atoms with Crippen LogP contribution >= 0.6 is 0 Å². The first-order valence-corrected chi connectivity index (χ1v) is 7.59. The second kappa shape index (κ2) is 7.56. The molecule has 0 bridgehead atoms. The Morgan fingerprint density at radius 3 is 2.46 bits per heavy atom. The lowest BCUT2D eigenvalue weighted by molar-refractivity contribution is 0.102. The van der Waals surface area contributed by atoms with Gasteiger partial charge in [-0.2, -0.15) is 10.5 Å². The molecule has 7 heteroatoms. The number of anilines is 3. The summed E-state index contributed by atoms with van der Waals surface area (Å²) in [5.41, 5.74) is 2.22. The zero-order chi connectivity index (χ0) is 18.4. The van der Waals surface area contributed by atoms with Gasteiger partial charge < -0.3 is 10.6 Å². The number of aromatic nitrogens is 2. The van der Waals surface area contributed by atoms with E-state index in [0.717, 1.165) is 5.69 Å². The molecule has 2 aromatic carbocycles. The smallest absolute Gasteiger partial charge is 0.274 e. The highest BCUT2D eigenvalue weighted by atomic mass is 16.1. The van der Waals surface area contributed by atoms with E-state index in [4.69, 9.17) is 10.5 Å². The van der Waals surface area contributed by atoms with Gasteiger partial charge >= 0.3 is 0 Å². The maximum Gasteiger partial charge on any atom is 0.274 e. The fourth-order valence-corrected chi connectivity index (χ4v) is 2.20. The molecule has 0 spiro atoms. The van der Waals surface area contributed by atoms with Crippen molar-refractivity contribution in [1.82, 2.24) is 9.97 Å². The Morgan fingerprint density at radius 2 is 1.73 bits per heavy atom. The minimum Gasteiger partial charge on any atom is -0.340 e. The number of amides is 1. The summed E-state index contributed by atoms with van der Waals surface area (Å²) in [6.45, 7) is 0. The summed E-state index contributed by atoms with van der Waals surface area (Å²) in [5.74, 6) is -0.0126. The molecule has 3 rings (SSSR count). The largest absolute Gasteiger partial charge is 0.340 e. The number of rotatable bonds is 4. The Bertz CT molecular complexity index is 1030. The number of para-hydroxylation sites is 1. The first-order valence-electron chi connectivity index (χ1n) is 7.59. The van der Waals surface area contributed by atoms with Crippen molar-refractivity contribution < 1.29 is 4.79 Å². The van der Waals surface area contributed by atoms with Gasteiger partial charge in [-0.05, 0) is 36.4 Å². The first kappa shape index (κ1) is 16.6. The van der Waals surface area contributed by atoms with Gasteiger partial charge in [0.25, 0.3) is 5.91 Å². The molecule has 0 radical (unpaired) electrons. The van der Waals surface area contributed by atoms with Crippen molar-refractivity contribution >= 4 is 23.1 Å². The van der Waals surface area contributed by atoms with Gasteiger partial charge in [0.2, 0.25) is 0 Å². The van der Waals surface area contributed by atoms with Gasteiger partial charge in [-0.3, -0.25) is 4.79 Å². The third-order valence-electron chi connectivity index (χ3n) is 3.48. The van der Waals surface area contributed by atoms with Gasteiger partial charge in [-0.15, -0.1) is 0 Å². The molecule has 2 N–H and O–H groups in total. The van der Waals surface area contributed by atoms with Crippen LogP contribution in [0.4, 0.5) is 17.2 Å². The van der Waals surface area contributed by atoms with Crippen LogP contribution in [0, 0.1) is 22.7 Å². The summed E-state index contributed by atoms with van der Waals surface area (Å²) >= 11 is 0. The van der Waals surface area contributed by atoms with Crippen molar-refractivity contribution in [3.8, 4) is 12.1 Å². The van der Waals surface area contributed by atoms with Gasteiger partial charge in [-0.1, -0.05) is 12.1 Å². The molecule has 1 heterocycles. The minimum atomic E-state index is -0.446. The molecule has 0 saturated carbocycles. The number of carbonyl (C=O) groups is 1. The standard InChI is InChI=1S/C19H12N6O/c20-10-13-5-7-15(8-6-13)24-18-9-17(22-12-23-18)19(26)25-16-4-2-1-3-14(16)11-21/h1-9,12H,(H,25,26)(H,22,23,24). The Kier molecular flexibility index (Phi) is 4.83. The van der Waals surface area contributed by atoms with Gasteiger partial charge in [-0.25, -0.2) is 9.97 Å². The molecule has 0 unspecified atom stereocenters. The SMILES string of the molecule is N#Cc1ccc(Nc2cc(C(=O)Nc3ccccc3C#N)ncn2)cc1. The fourth-order valence-electron chi connectivity index (χ4n) is 2.20. The second-order valence-corrected chi connectivity index (χ2v) is 5.21. The zero-order valence-corrected chi connectivity index (χ0v) is 13.5. The van der Waals surface area contributed by atoms with Crippen molar-refractivity contribution in [2.45, 2.75) is 0 Å². The van der Waals surface area contributed by atoms with Crippen LogP contribution in [-0.4, -0.2) is 15.9 Å². The summed E-state index contributed by atoms with van der Waals surface area (Å²) in [5, 5.41) is 23.6. The molecule has 1 aromatic heterocycles. The van der Waals surface area contributed by atoms with Crippen LogP contribution in [0.1, 0.15) is 21.6 Å². The normalized spacial score (nSPS) is 9.62. The third kappa shape index (κ3) is 3.81. The zero-order valence-electron chi connectivity index (χ0n) is 13.5. The summed E-state index contributed by atoms with van der Waals surface area (Å²) in [7, 11) is 0. The molecular formula is C19H12N6O. The van der Waals surface area contributed by atoms with Gasteiger partial charge in [0, 0.05) is 11.8 Å². The molecule has 0 atom stereocenters. The predicted octanol–water partition coefficient (Wildman–Crippen LogP) is 3.22. The van der Waals surface area contributed by atoms with Crippen molar-refractivity contribution in [2.75, 3.05) is 10.6 Å².